The molecule has 7 nitrogen and oxygen atoms in total. The van der Waals surface area contributed by atoms with E-state index in [1.54, 1.807) is 0 Å². The van der Waals surface area contributed by atoms with Gasteiger partial charge >= 0.3 is 0 Å². The molecule has 1 aliphatic rings. The van der Waals surface area contributed by atoms with Gasteiger partial charge in [0.1, 0.15) is 5.52 Å². The Labute approximate surface area is 140 Å². The third kappa shape index (κ3) is 3.03. The molecule has 0 unspecified atom stereocenters. The number of piperidine rings is 1. The van der Waals surface area contributed by atoms with E-state index < -0.39 is 0 Å². The summed E-state index contributed by atoms with van der Waals surface area (Å²) in [5, 5.41) is 12.6. The lowest BCUT2D eigenvalue weighted by Crippen LogP contribution is -2.32. The Morgan fingerprint density at radius 3 is 2.79 bits per heavy atom. The van der Waals surface area contributed by atoms with Crippen LogP contribution in [0.1, 0.15) is 32.1 Å². The van der Waals surface area contributed by atoms with Gasteiger partial charge in [0.15, 0.2) is 0 Å². The molecular weight excluding hydrogens is 304 g/mol. The lowest BCUT2D eigenvalue weighted by Gasteiger charge is -2.26. The van der Waals surface area contributed by atoms with Gasteiger partial charge in [0.25, 0.3) is 0 Å². The average molecular weight is 326 g/mol. The molecular formula is C17H22N6O. The Balaban J connectivity index is 1.52. The topological polar surface area (TPSA) is 72.9 Å². The van der Waals surface area contributed by atoms with Gasteiger partial charge in [-0.25, -0.2) is 4.68 Å². The molecule has 0 aliphatic carbocycles. The monoisotopic (exact) mass is 326 g/mol. The van der Waals surface area contributed by atoms with Crippen molar-refractivity contribution in [1.29, 1.82) is 0 Å². The molecule has 0 spiro atoms. The minimum atomic E-state index is 0.608. The second kappa shape index (κ2) is 6.68. The van der Waals surface area contributed by atoms with Crippen molar-refractivity contribution in [3.63, 3.8) is 0 Å². The standard InChI is InChI=1S/C17H22N6O/c1-2-16-18-17(20-24-16)13-6-7-15-14(12-13)19-21-23(15)11-10-22-8-4-3-5-9-22/h6-7,12H,2-5,8-11H2,1H3. The number of aryl methyl sites for hydroxylation is 1. The highest BCUT2D eigenvalue weighted by atomic mass is 16.5. The summed E-state index contributed by atoms with van der Waals surface area (Å²) in [6.07, 6.45) is 4.72. The van der Waals surface area contributed by atoms with E-state index >= 15 is 0 Å². The van der Waals surface area contributed by atoms with Crippen LogP contribution in [0.3, 0.4) is 0 Å². The van der Waals surface area contributed by atoms with Gasteiger partial charge in [0.2, 0.25) is 11.7 Å². The second-order valence-electron chi connectivity index (χ2n) is 6.28. The predicted octanol–water partition coefficient (Wildman–Crippen LogP) is 2.53. The van der Waals surface area contributed by atoms with Crippen molar-refractivity contribution in [2.24, 2.45) is 0 Å². The van der Waals surface area contributed by atoms with E-state index in [1.807, 2.05) is 29.8 Å². The van der Waals surface area contributed by atoms with Gasteiger partial charge in [0, 0.05) is 18.5 Å². The first-order valence-corrected chi connectivity index (χ1v) is 8.72. The van der Waals surface area contributed by atoms with Gasteiger partial charge in [-0.2, -0.15) is 4.98 Å². The van der Waals surface area contributed by atoms with Crippen LogP contribution in [0.4, 0.5) is 0 Å². The molecule has 1 aliphatic heterocycles. The molecule has 0 radical (unpaired) electrons. The van der Waals surface area contributed by atoms with Crippen molar-refractivity contribution in [1.82, 2.24) is 30.0 Å². The van der Waals surface area contributed by atoms with E-state index in [-0.39, 0.29) is 0 Å². The average Bonchev–Trinajstić information content (AvgIpc) is 3.27. The third-order valence-corrected chi connectivity index (χ3v) is 4.62. The van der Waals surface area contributed by atoms with E-state index in [0.717, 1.165) is 36.1 Å². The first-order valence-electron chi connectivity index (χ1n) is 8.72. The predicted molar refractivity (Wildman–Crippen MR) is 90.5 cm³/mol. The normalized spacial score (nSPS) is 16.0. The number of hydrogen-bond acceptors (Lipinski definition) is 6. The summed E-state index contributed by atoms with van der Waals surface area (Å²) in [4.78, 5) is 6.88. The van der Waals surface area contributed by atoms with Crippen molar-refractivity contribution in [3.05, 3.63) is 24.1 Å². The highest BCUT2D eigenvalue weighted by Gasteiger charge is 2.13. The number of hydrogen-bond donors (Lipinski definition) is 0. The largest absolute Gasteiger partial charge is 0.339 e. The summed E-state index contributed by atoms with van der Waals surface area (Å²) in [6, 6.07) is 6.03. The zero-order chi connectivity index (χ0) is 16.4. The van der Waals surface area contributed by atoms with Crippen molar-refractivity contribution in [2.45, 2.75) is 39.2 Å². The lowest BCUT2D eigenvalue weighted by molar-refractivity contribution is 0.218. The van der Waals surface area contributed by atoms with Crippen LogP contribution in [-0.4, -0.2) is 49.7 Å². The van der Waals surface area contributed by atoms with Crippen molar-refractivity contribution in [3.8, 4) is 11.4 Å². The van der Waals surface area contributed by atoms with Crippen LogP contribution in [0.2, 0.25) is 0 Å². The molecule has 1 saturated heterocycles. The van der Waals surface area contributed by atoms with Gasteiger partial charge in [-0.05, 0) is 44.1 Å². The van der Waals surface area contributed by atoms with Gasteiger partial charge in [-0.15, -0.1) is 5.10 Å². The molecule has 0 saturated carbocycles. The van der Waals surface area contributed by atoms with Crippen LogP contribution in [-0.2, 0) is 13.0 Å². The smallest absolute Gasteiger partial charge is 0.226 e. The fraction of sp³-hybridized carbons (Fsp3) is 0.529. The van der Waals surface area contributed by atoms with Crippen LogP contribution in [0, 0.1) is 0 Å². The molecule has 2 aromatic heterocycles. The molecule has 4 rings (SSSR count). The molecule has 0 bridgehead atoms. The highest BCUT2D eigenvalue weighted by Crippen LogP contribution is 2.21. The zero-order valence-electron chi connectivity index (χ0n) is 14.0. The van der Waals surface area contributed by atoms with Crippen molar-refractivity contribution in [2.75, 3.05) is 19.6 Å². The fourth-order valence-electron chi connectivity index (χ4n) is 3.21. The Hall–Kier alpha value is -2.28. The summed E-state index contributed by atoms with van der Waals surface area (Å²) < 4.78 is 7.17. The maximum absolute atomic E-state index is 5.18. The van der Waals surface area contributed by atoms with E-state index in [1.165, 1.54) is 32.4 Å². The molecule has 3 heterocycles. The first kappa shape index (κ1) is 15.3. The third-order valence-electron chi connectivity index (χ3n) is 4.62. The SMILES string of the molecule is CCc1nc(-c2ccc3c(c2)nnn3CCN2CCCCC2)no1. The number of nitrogens with zero attached hydrogens (tertiary/aromatic N) is 6. The fourth-order valence-corrected chi connectivity index (χ4v) is 3.21. The maximum atomic E-state index is 5.18. The summed E-state index contributed by atoms with van der Waals surface area (Å²) in [5.41, 5.74) is 2.83. The lowest BCUT2D eigenvalue weighted by atomic mass is 10.1. The maximum Gasteiger partial charge on any atom is 0.226 e. The minimum Gasteiger partial charge on any atom is -0.339 e. The Kier molecular flexibility index (Phi) is 4.25. The molecule has 24 heavy (non-hydrogen) atoms. The number of fused-ring (bicyclic) bond motifs is 1. The summed E-state index contributed by atoms with van der Waals surface area (Å²) in [6.45, 7) is 6.31. The van der Waals surface area contributed by atoms with E-state index in [9.17, 15) is 0 Å². The van der Waals surface area contributed by atoms with Crippen molar-refractivity contribution >= 4 is 11.0 Å². The van der Waals surface area contributed by atoms with Gasteiger partial charge in [0.05, 0.1) is 12.1 Å². The van der Waals surface area contributed by atoms with Gasteiger partial charge < -0.3 is 9.42 Å². The van der Waals surface area contributed by atoms with Crippen LogP contribution in [0.15, 0.2) is 22.7 Å². The van der Waals surface area contributed by atoms with E-state index in [4.69, 9.17) is 4.52 Å². The summed E-state index contributed by atoms with van der Waals surface area (Å²) in [7, 11) is 0. The van der Waals surface area contributed by atoms with Crippen LogP contribution >= 0.6 is 0 Å². The van der Waals surface area contributed by atoms with E-state index in [0.29, 0.717) is 11.7 Å². The van der Waals surface area contributed by atoms with Crippen molar-refractivity contribution < 1.29 is 4.52 Å². The second-order valence-corrected chi connectivity index (χ2v) is 6.28. The number of aromatic nitrogens is 5. The quantitative estimate of drug-likeness (QED) is 0.717. The number of rotatable bonds is 5. The minimum absolute atomic E-state index is 0.608. The Bertz CT molecular complexity index is 817. The molecule has 0 atom stereocenters. The zero-order valence-corrected chi connectivity index (χ0v) is 14.0. The molecule has 0 N–H and O–H groups in total. The molecule has 1 fully saturated rings. The summed E-state index contributed by atoms with van der Waals surface area (Å²) >= 11 is 0. The Morgan fingerprint density at radius 1 is 1.12 bits per heavy atom. The molecule has 7 heteroatoms. The van der Waals surface area contributed by atoms with Crippen LogP contribution < -0.4 is 0 Å². The number of benzene rings is 1. The molecule has 3 aromatic rings. The molecule has 0 amide bonds. The van der Waals surface area contributed by atoms with Crippen LogP contribution in [0.5, 0.6) is 0 Å². The molecule has 1 aromatic carbocycles. The highest BCUT2D eigenvalue weighted by molar-refractivity contribution is 5.79. The summed E-state index contributed by atoms with van der Waals surface area (Å²) in [5.74, 6) is 1.26. The molecule has 126 valence electrons. The first-order chi connectivity index (χ1) is 11.8. The van der Waals surface area contributed by atoms with Crippen LogP contribution in [0.25, 0.3) is 22.4 Å². The number of likely N-dealkylation sites (tertiary alicyclic amines) is 1. The van der Waals surface area contributed by atoms with E-state index in [2.05, 4.69) is 25.4 Å². The Morgan fingerprint density at radius 2 is 2.00 bits per heavy atom. The van der Waals surface area contributed by atoms with Gasteiger partial charge in [-0.1, -0.05) is 23.7 Å². The van der Waals surface area contributed by atoms with Gasteiger partial charge in [-0.3, -0.25) is 0 Å².